The molecule has 0 amide bonds. The van der Waals surface area contributed by atoms with Crippen molar-refractivity contribution in [1.29, 1.82) is 0 Å². The van der Waals surface area contributed by atoms with Crippen LogP contribution in [0.2, 0.25) is 0 Å². The number of fused-ring (bicyclic) bond motifs is 5. The van der Waals surface area contributed by atoms with E-state index in [-0.39, 0.29) is 23.2 Å². The van der Waals surface area contributed by atoms with Crippen LogP contribution >= 0.6 is 0 Å². The van der Waals surface area contributed by atoms with Gasteiger partial charge in [0.25, 0.3) is 0 Å². The monoisotopic (exact) mass is 420 g/mol. The SMILES string of the molecule is CC(=O)O[C@H]1CC[C@H]2[C@@H]3CCc4cc(OCc5ccccc5)c(O)cc4[C@H]3CC[C@]12C. The van der Waals surface area contributed by atoms with Gasteiger partial charge in [0.15, 0.2) is 11.5 Å². The minimum absolute atomic E-state index is 0.0551. The zero-order valence-corrected chi connectivity index (χ0v) is 18.5. The second-order valence-corrected chi connectivity index (χ2v) is 9.93. The molecule has 3 aliphatic rings. The van der Waals surface area contributed by atoms with E-state index in [1.165, 1.54) is 18.1 Å². The van der Waals surface area contributed by atoms with Crippen LogP contribution in [0.3, 0.4) is 0 Å². The Bertz CT molecular complexity index is 969. The Hall–Kier alpha value is -2.49. The van der Waals surface area contributed by atoms with Crippen LogP contribution in [-0.2, 0) is 22.6 Å². The highest BCUT2D eigenvalue weighted by molar-refractivity contribution is 5.66. The summed E-state index contributed by atoms with van der Waals surface area (Å²) in [6.45, 7) is 4.32. The molecule has 2 aromatic carbocycles. The molecule has 0 bridgehead atoms. The largest absolute Gasteiger partial charge is 0.504 e. The van der Waals surface area contributed by atoms with E-state index < -0.39 is 0 Å². The van der Waals surface area contributed by atoms with Crippen molar-refractivity contribution in [3.63, 3.8) is 0 Å². The Morgan fingerprint density at radius 2 is 1.94 bits per heavy atom. The summed E-state index contributed by atoms with van der Waals surface area (Å²) < 4.78 is 11.7. The number of aromatic hydroxyl groups is 1. The smallest absolute Gasteiger partial charge is 0.302 e. The van der Waals surface area contributed by atoms with E-state index in [1.54, 1.807) is 0 Å². The molecular formula is C27H32O4. The van der Waals surface area contributed by atoms with Gasteiger partial charge < -0.3 is 14.6 Å². The Balaban J connectivity index is 1.36. The van der Waals surface area contributed by atoms with Crippen LogP contribution in [0.25, 0.3) is 0 Å². The van der Waals surface area contributed by atoms with Crippen LogP contribution in [0, 0.1) is 17.3 Å². The molecule has 164 valence electrons. The number of rotatable bonds is 4. The maximum absolute atomic E-state index is 11.6. The number of esters is 1. The second kappa shape index (κ2) is 7.89. The number of phenolic OH excluding ortho intramolecular Hbond substituents is 1. The normalized spacial score (nSPS) is 31.3. The number of benzene rings is 2. The van der Waals surface area contributed by atoms with Gasteiger partial charge in [0.2, 0.25) is 0 Å². The van der Waals surface area contributed by atoms with Gasteiger partial charge in [-0.15, -0.1) is 0 Å². The lowest BCUT2D eigenvalue weighted by Crippen LogP contribution is -2.45. The van der Waals surface area contributed by atoms with Crippen LogP contribution < -0.4 is 4.74 Å². The number of hydrogen-bond acceptors (Lipinski definition) is 4. The summed E-state index contributed by atoms with van der Waals surface area (Å²) in [6.07, 6.45) is 6.51. The van der Waals surface area contributed by atoms with Crippen molar-refractivity contribution < 1.29 is 19.4 Å². The number of carbonyl (C=O) groups excluding carboxylic acids is 1. The van der Waals surface area contributed by atoms with E-state index in [4.69, 9.17) is 9.47 Å². The molecule has 0 aliphatic heterocycles. The highest BCUT2D eigenvalue weighted by Gasteiger charge is 2.56. The minimum Gasteiger partial charge on any atom is -0.504 e. The van der Waals surface area contributed by atoms with E-state index in [1.807, 2.05) is 36.4 Å². The maximum Gasteiger partial charge on any atom is 0.302 e. The highest BCUT2D eigenvalue weighted by atomic mass is 16.5. The number of ether oxygens (including phenoxy) is 2. The molecule has 3 aliphatic carbocycles. The summed E-state index contributed by atoms with van der Waals surface area (Å²) in [5.41, 5.74) is 3.80. The van der Waals surface area contributed by atoms with Gasteiger partial charge in [-0.1, -0.05) is 37.3 Å². The van der Waals surface area contributed by atoms with Crippen LogP contribution in [-0.4, -0.2) is 17.2 Å². The zero-order valence-electron chi connectivity index (χ0n) is 18.5. The first-order valence-corrected chi connectivity index (χ1v) is 11.7. The number of phenols is 1. The molecule has 2 aromatic rings. The number of aryl methyl sites for hydroxylation is 1. The number of carbonyl (C=O) groups is 1. The highest BCUT2D eigenvalue weighted by Crippen LogP contribution is 2.62. The Morgan fingerprint density at radius 3 is 2.71 bits per heavy atom. The van der Waals surface area contributed by atoms with E-state index in [2.05, 4.69) is 13.0 Å². The third-order valence-electron chi connectivity index (χ3n) is 8.26. The van der Waals surface area contributed by atoms with Crippen LogP contribution in [0.4, 0.5) is 0 Å². The summed E-state index contributed by atoms with van der Waals surface area (Å²) in [6, 6.07) is 14.1. The van der Waals surface area contributed by atoms with Gasteiger partial charge in [0, 0.05) is 12.3 Å². The predicted octanol–water partition coefficient (Wildman–Crippen LogP) is 5.76. The lowest BCUT2D eigenvalue weighted by atomic mass is 9.55. The predicted molar refractivity (Wildman–Crippen MR) is 119 cm³/mol. The lowest BCUT2D eigenvalue weighted by molar-refractivity contribution is -0.154. The van der Waals surface area contributed by atoms with Gasteiger partial charge in [0.05, 0.1) is 0 Å². The fourth-order valence-corrected chi connectivity index (χ4v) is 6.78. The summed E-state index contributed by atoms with van der Waals surface area (Å²) in [7, 11) is 0. The molecule has 0 aromatic heterocycles. The Kier molecular flexibility index (Phi) is 5.19. The van der Waals surface area contributed by atoms with Crippen LogP contribution in [0.15, 0.2) is 42.5 Å². The summed E-state index contributed by atoms with van der Waals surface area (Å²) in [4.78, 5) is 11.6. The van der Waals surface area contributed by atoms with Gasteiger partial charge >= 0.3 is 5.97 Å². The summed E-state index contributed by atoms with van der Waals surface area (Å²) in [5, 5.41) is 10.7. The van der Waals surface area contributed by atoms with Crippen LogP contribution in [0.1, 0.15) is 68.6 Å². The first-order chi connectivity index (χ1) is 15.0. The Morgan fingerprint density at radius 1 is 1.13 bits per heavy atom. The van der Waals surface area contributed by atoms with Crippen molar-refractivity contribution in [1.82, 2.24) is 0 Å². The standard InChI is InChI=1S/C27H32O4/c1-17(28)31-26-11-10-23-21-9-8-19-14-25(30-16-18-6-4-3-5-7-18)24(29)15-22(19)20(21)12-13-27(23,26)2/h3-7,14-15,20-21,23,26,29H,8-13,16H2,1-2H3/t20-,21+,23-,26-,27-/m0/s1. The molecule has 0 saturated heterocycles. The summed E-state index contributed by atoms with van der Waals surface area (Å²) in [5.74, 6) is 2.33. The van der Waals surface area contributed by atoms with Crippen molar-refractivity contribution in [3.8, 4) is 11.5 Å². The first kappa shape index (κ1) is 20.4. The molecular weight excluding hydrogens is 388 g/mol. The fourth-order valence-electron chi connectivity index (χ4n) is 6.78. The van der Waals surface area contributed by atoms with Gasteiger partial charge in [-0.25, -0.2) is 0 Å². The number of hydrogen-bond donors (Lipinski definition) is 1. The fraction of sp³-hybridized carbons (Fsp3) is 0.519. The molecule has 2 fully saturated rings. The quantitative estimate of drug-likeness (QED) is 0.639. The zero-order chi connectivity index (χ0) is 21.6. The molecule has 2 saturated carbocycles. The molecule has 0 spiro atoms. The van der Waals surface area contributed by atoms with Gasteiger partial charge in [-0.05, 0) is 85.1 Å². The van der Waals surface area contributed by atoms with E-state index in [9.17, 15) is 9.90 Å². The average molecular weight is 421 g/mol. The van der Waals surface area contributed by atoms with E-state index in [0.29, 0.717) is 30.1 Å². The molecule has 0 unspecified atom stereocenters. The van der Waals surface area contributed by atoms with Crippen molar-refractivity contribution in [2.24, 2.45) is 17.3 Å². The average Bonchev–Trinajstić information content (AvgIpc) is 3.08. The van der Waals surface area contributed by atoms with Gasteiger partial charge in [-0.3, -0.25) is 4.79 Å². The molecule has 0 radical (unpaired) electrons. The van der Waals surface area contributed by atoms with Crippen molar-refractivity contribution in [2.75, 3.05) is 0 Å². The third kappa shape index (κ3) is 3.60. The first-order valence-electron chi connectivity index (χ1n) is 11.7. The van der Waals surface area contributed by atoms with Gasteiger partial charge in [-0.2, -0.15) is 0 Å². The molecule has 1 N–H and O–H groups in total. The third-order valence-corrected chi connectivity index (χ3v) is 8.26. The van der Waals surface area contributed by atoms with E-state index in [0.717, 1.165) is 44.1 Å². The molecule has 4 heteroatoms. The molecule has 31 heavy (non-hydrogen) atoms. The topological polar surface area (TPSA) is 55.8 Å². The maximum atomic E-state index is 11.6. The van der Waals surface area contributed by atoms with Crippen LogP contribution in [0.5, 0.6) is 11.5 Å². The summed E-state index contributed by atoms with van der Waals surface area (Å²) >= 11 is 0. The van der Waals surface area contributed by atoms with E-state index >= 15 is 0 Å². The molecule has 0 heterocycles. The lowest BCUT2D eigenvalue weighted by Gasteiger charge is -2.50. The van der Waals surface area contributed by atoms with Crippen molar-refractivity contribution in [3.05, 3.63) is 59.2 Å². The van der Waals surface area contributed by atoms with Crippen molar-refractivity contribution >= 4 is 5.97 Å². The van der Waals surface area contributed by atoms with Gasteiger partial charge in [0.1, 0.15) is 12.7 Å². The molecule has 4 nitrogen and oxygen atoms in total. The Labute approximate surface area is 184 Å². The minimum atomic E-state index is -0.157. The molecule has 5 rings (SSSR count). The molecule has 5 atom stereocenters. The second-order valence-electron chi connectivity index (χ2n) is 9.93. The van der Waals surface area contributed by atoms with Crippen molar-refractivity contribution in [2.45, 2.75) is 71.0 Å².